The number of nitrogens with one attached hydrogen (secondary N) is 1. The Hall–Kier alpha value is -1.71. The first-order valence-corrected chi connectivity index (χ1v) is 6.80. The van der Waals surface area contributed by atoms with Crippen molar-refractivity contribution in [3.63, 3.8) is 0 Å². The molecule has 1 unspecified atom stereocenters. The fourth-order valence-corrected chi connectivity index (χ4v) is 2.11. The second-order valence-electron chi connectivity index (χ2n) is 4.65. The molecule has 4 heteroatoms. The largest absolute Gasteiger partial charge is 0.497 e. The highest BCUT2D eigenvalue weighted by molar-refractivity contribution is 6.33. The Morgan fingerprint density at radius 1 is 1.20 bits per heavy atom. The quantitative estimate of drug-likeness (QED) is 0.880. The van der Waals surface area contributed by atoms with Crippen LogP contribution in [0.1, 0.15) is 17.2 Å². The smallest absolute Gasteiger partial charge is 0.118 e. The molecule has 0 aromatic heterocycles. The van der Waals surface area contributed by atoms with Crippen LogP contribution in [-0.4, -0.2) is 18.8 Å². The first kappa shape index (κ1) is 14.7. The van der Waals surface area contributed by atoms with Crippen molar-refractivity contribution in [3.05, 3.63) is 58.6 Å². The molecule has 0 spiro atoms. The topological polar surface area (TPSA) is 41.5 Å². The first-order chi connectivity index (χ1) is 9.60. The minimum absolute atomic E-state index is 0.398. The van der Waals surface area contributed by atoms with Crippen LogP contribution in [0.5, 0.6) is 5.75 Å². The number of aliphatic hydroxyl groups excluding tert-OH is 1. The van der Waals surface area contributed by atoms with Crippen LogP contribution in [0.15, 0.2) is 42.5 Å². The summed E-state index contributed by atoms with van der Waals surface area (Å²) in [6, 6.07) is 13.1. The summed E-state index contributed by atoms with van der Waals surface area (Å²) in [5.41, 5.74) is 2.79. The summed E-state index contributed by atoms with van der Waals surface area (Å²) in [4.78, 5) is 0. The van der Waals surface area contributed by atoms with Crippen LogP contribution in [0, 0.1) is 6.92 Å². The number of halogens is 1. The first-order valence-electron chi connectivity index (χ1n) is 6.42. The van der Waals surface area contributed by atoms with E-state index in [1.54, 1.807) is 7.11 Å². The van der Waals surface area contributed by atoms with Crippen molar-refractivity contribution in [2.75, 3.05) is 19.0 Å². The molecule has 2 N–H and O–H groups in total. The van der Waals surface area contributed by atoms with Crippen LogP contribution in [0.4, 0.5) is 5.69 Å². The van der Waals surface area contributed by atoms with Gasteiger partial charge in [-0.1, -0.05) is 29.8 Å². The lowest BCUT2D eigenvalue weighted by atomic mass is 10.1. The molecule has 0 saturated carbocycles. The highest BCUT2D eigenvalue weighted by Gasteiger charge is 2.08. The molecule has 0 aliphatic rings. The van der Waals surface area contributed by atoms with Gasteiger partial charge >= 0.3 is 0 Å². The third kappa shape index (κ3) is 3.65. The Bertz CT molecular complexity index is 569. The van der Waals surface area contributed by atoms with Gasteiger partial charge in [0.05, 0.1) is 23.9 Å². The molecule has 20 heavy (non-hydrogen) atoms. The van der Waals surface area contributed by atoms with E-state index >= 15 is 0 Å². The number of aliphatic hydroxyl groups is 1. The van der Waals surface area contributed by atoms with Crippen molar-refractivity contribution in [3.8, 4) is 5.75 Å². The highest BCUT2D eigenvalue weighted by atomic mass is 35.5. The summed E-state index contributed by atoms with van der Waals surface area (Å²) < 4.78 is 5.09. The number of methoxy groups -OCH3 is 1. The Morgan fingerprint density at radius 2 is 1.90 bits per heavy atom. The van der Waals surface area contributed by atoms with Gasteiger partial charge in [0.2, 0.25) is 0 Å². The van der Waals surface area contributed by atoms with Gasteiger partial charge in [-0.05, 0) is 42.3 Å². The molecule has 1 atom stereocenters. The van der Waals surface area contributed by atoms with Crippen molar-refractivity contribution in [1.29, 1.82) is 0 Å². The van der Waals surface area contributed by atoms with Gasteiger partial charge in [0.15, 0.2) is 0 Å². The second kappa shape index (κ2) is 6.64. The molecule has 0 amide bonds. The van der Waals surface area contributed by atoms with E-state index in [1.165, 1.54) is 0 Å². The summed E-state index contributed by atoms with van der Waals surface area (Å²) in [5.74, 6) is 0.774. The van der Waals surface area contributed by atoms with Crippen molar-refractivity contribution >= 4 is 17.3 Å². The summed E-state index contributed by atoms with van der Waals surface area (Å²) in [5, 5.41) is 14.0. The van der Waals surface area contributed by atoms with Gasteiger partial charge in [-0.25, -0.2) is 0 Å². The SMILES string of the molecule is COc1ccc(C(O)CNc2cc(C)ccc2Cl)cc1. The maximum Gasteiger partial charge on any atom is 0.118 e. The number of aryl methyl sites for hydroxylation is 1. The lowest BCUT2D eigenvalue weighted by Crippen LogP contribution is -2.12. The molecular formula is C16H18ClNO2. The van der Waals surface area contributed by atoms with Crippen LogP contribution in [0.3, 0.4) is 0 Å². The molecule has 106 valence electrons. The Labute approximate surface area is 124 Å². The number of ether oxygens (including phenoxy) is 1. The van der Waals surface area contributed by atoms with E-state index in [1.807, 2.05) is 49.4 Å². The van der Waals surface area contributed by atoms with E-state index in [0.29, 0.717) is 11.6 Å². The molecule has 0 saturated heterocycles. The zero-order chi connectivity index (χ0) is 14.5. The Morgan fingerprint density at radius 3 is 2.55 bits per heavy atom. The lowest BCUT2D eigenvalue weighted by Gasteiger charge is -2.15. The van der Waals surface area contributed by atoms with Crippen LogP contribution < -0.4 is 10.1 Å². The fourth-order valence-electron chi connectivity index (χ4n) is 1.93. The summed E-state index contributed by atoms with van der Waals surface area (Å²) in [6.45, 7) is 2.40. The Balaban J connectivity index is 2.00. The van der Waals surface area contributed by atoms with Crippen molar-refractivity contribution in [2.24, 2.45) is 0 Å². The average Bonchev–Trinajstić information content (AvgIpc) is 2.48. The molecule has 0 aliphatic heterocycles. The van der Waals surface area contributed by atoms with E-state index in [4.69, 9.17) is 16.3 Å². The molecule has 2 rings (SSSR count). The number of hydrogen-bond donors (Lipinski definition) is 2. The van der Waals surface area contributed by atoms with Crippen molar-refractivity contribution in [1.82, 2.24) is 0 Å². The second-order valence-corrected chi connectivity index (χ2v) is 5.06. The normalized spacial score (nSPS) is 12.0. The van der Waals surface area contributed by atoms with E-state index in [-0.39, 0.29) is 0 Å². The van der Waals surface area contributed by atoms with E-state index < -0.39 is 6.10 Å². The molecule has 0 bridgehead atoms. The van der Waals surface area contributed by atoms with Crippen LogP contribution in [-0.2, 0) is 0 Å². The molecule has 3 nitrogen and oxygen atoms in total. The Kier molecular flexibility index (Phi) is 4.88. The maximum atomic E-state index is 10.2. The third-order valence-electron chi connectivity index (χ3n) is 3.11. The van der Waals surface area contributed by atoms with E-state index in [9.17, 15) is 5.11 Å². The maximum absolute atomic E-state index is 10.2. The molecule has 0 fully saturated rings. The fraction of sp³-hybridized carbons (Fsp3) is 0.250. The highest BCUT2D eigenvalue weighted by Crippen LogP contribution is 2.24. The predicted molar refractivity (Wildman–Crippen MR) is 82.6 cm³/mol. The average molecular weight is 292 g/mol. The van der Waals surface area contributed by atoms with Gasteiger partial charge in [0, 0.05) is 6.54 Å². The molecule has 0 aliphatic carbocycles. The van der Waals surface area contributed by atoms with Crippen LogP contribution >= 0.6 is 11.6 Å². The predicted octanol–water partition coefficient (Wildman–Crippen LogP) is 3.80. The van der Waals surface area contributed by atoms with Gasteiger partial charge in [-0.2, -0.15) is 0 Å². The standard InChI is InChI=1S/C16H18ClNO2/c1-11-3-8-14(17)15(9-11)18-10-16(19)12-4-6-13(20-2)7-5-12/h3-9,16,18-19H,10H2,1-2H3. The number of benzene rings is 2. The molecule has 0 radical (unpaired) electrons. The molecule has 0 heterocycles. The van der Waals surface area contributed by atoms with E-state index in [2.05, 4.69) is 5.32 Å². The summed E-state index contributed by atoms with van der Waals surface area (Å²) in [7, 11) is 1.62. The van der Waals surface area contributed by atoms with Gasteiger partial charge in [0.25, 0.3) is 0 Å². The monoisotopic (exact) mass is 291 g/mol. The van der Waals surface area contributed by atoms with Gasteiger partial charge in [-0.15, -0.1) is 0 Å². The minimum Gasteiger partial charge on any atom is -0.497 e. The van der Waals surface area contributed by atoms with Gasteiger partial charge < -0.3 is 15.2 Å². The molecule has 2 aromatic carbocycles. The third-order valence-corrected chi connectivity index (χ3v) is 3.44. The van der Waals surface area contributed by atoms with E-state index in [0.717, 1.165) is 22.6 Å². The zero-order valence-electron chi connectivity index (χ0n) is 11.6. The van der Waals surface area contributed by atoms with Gasteiger partial charge in [0.1, 0.15) is 5.75 Å². The number of anilines is 1. The lowest BCUT2D eigenvalue weighted by molar-refractivity contribution is 0.191. The molecule has 2 aromatic rings. The van der Waals surface area contributed by atoms with Crippen molar-refractivity contribution in [2.45, 2.75) is 13.0 Å². The minimum atomic E-state index is -0.600. The van der Waals surface area contributed by atoms with Gasteiger partial charge in [-0.3, -0.25) is 0 Å². The zero-order valence-corrected chi connectivity index (χ0v) is 12.3. The molecular weight excluding hydrogens is 274 g/mol. The van der Waals surface area contributed by atoms with Crippen LogP contribution in [0.25, 0.3) is 0 Å². The van der Waals surface area contributed by atoms with Crippen molar-refractivity contribution < 1.29 is 9.84 Å². The number of rotatable bonds is 5. The summed E-state index contributed by atoms with van der Waals surface area (Å²) >= 11 is 6.10. The van der Waals surface area contributed by atoms with Crippen LogP contribution in [0.2, 0.25) is 5.02 Å². The summed E-state index contributed by atoms with van der Waals surface area (Å²) in [6.07, 6.45) is -0.600. The number of hydrogen-bond acceptors (Lipinski definition) is 3.